The summed E-state index contributed by atoms with van der Waals surface area (Å²) >= 11 is 0. The molecule has 0 bridgehead atoms. The summed E-state index contributed by atoms with van der Waals surface area (Å²) in [6.07, 6.45) is 0.647. The van der Waals surface area contributed by atoms with E-state index in [0.717, 1.165) is 5.69 Å². The first-order valence-corrected chi connectivity index (χ1v) is 8.26. The van der Waals surface area contributed by atoms with Crippen LogP contribution >= 0.6 is 0 Å². The summed E-state index contributed by atoms with van der Waals surface area (Å²) in [6.45, 7) is 1.63. The lowest BCUT2D eigenvalue weighted by Crippen LogP contribution is -2.35. The van der Waals surface area contributed by atoms with Crippen molar-refractivity contribution < 1.29 is 17.9 Å². The van der Waals surface area contributed by atoms with Gasteiger partial charge in [-0.1, -0.05) is 0 Å². The molecule has 0 aliphatic heterocycles. The van der Waals surface area contributed by atoms with E-state index in [2.05, 4.69) is 5.32 Å². The standard InChI is InChI=1S/C14H24N2O4S/c1-15-13-5-7-14(8-6-13)21(17,18)16(10-12-20-3)9-4-11-19-2/h5-8,15H,4,9-12H2,1-3H3. The van der Waals surface area contributed by atoms with E-state index < -0.39 is 10.0 Å². The van der Waals surface area contributed by atoms with E-state index in [0.29, 0.717) is 32.7 Å². The molecule has 1 N–H and O–H groups in total. The average Bonchev–Trinajstić information content (AvgIpc) is 2.50. The Morgan fingerprint density at radius 1 is 1.05 bits per heavy atom. The van der Waals surface area contributed by atoms with Crippen molar-refractivity contribution >= 4 is 15.7 Å². The summed E-state index contributed by atoms with van der Waals surface area (Å²) < 4.78 is 36.7. The van der Waals surface area contributed by atoms with Crippen LogP contribution in [0.2, 0.25) is 0 Å². The van der Waals surface area contributed by atoms with Crippen LogP contribution in [0.15, 0.2) is 29.2 Å². The number of sulfonamides is 1. The second-order valence-corrected chi connectivity index (χ2v) is 6.46. The lowest BCUT2D eigenvalue weighted by Gasteiger charge is -2.22. The minimum atomic E-state index is -3.51. The SMILES string of the molecule is CNc1ccc(S(=O)(=O)N(CCCOC)CCOC)cc1. The molecule has 0 unspecified atom stereocenters. The quantitative estimate of drug-likeness (QED) is 0.661. The first kappa shape index (κ1) is 17.9. The van der Waals surface area contributed by atoms with Gasteiger partial charge in [0.2, 0.25) is 10.0 Å². The molecule has 0 heterocycles. The molecular weight excluding hydrogens is 292 g/mol. The van der Waals surface area contributed by atoms with Gasteiger partial charge in [0.15, 0.2) is 0 Å². The van der Waals surface area contributed by atoms with Gasteiger partial charge in [0, 0.05) is 46.7 Å². The molecule has 0 saturated heterocycles. The molecule has 7 heteroatoms. The number of anilines is 1. The molecule has 6 nitrogen and oxygen atoms in total. The zero-order chi connectivity index (χ0) is 15.7. The van der Waals surface area contributed by atoms with E-state index >= 15 is 0 Å². The lowest BCUT2D eigenvalue weighted by molar-refractivity contribution is 0.164. The van der Waals surface area contributed by atoms with Crippen LogP contribution in [0.1, 0.15) is 6.42 Å². The number of nitrogens with one attached hydrogen (secondary N) is 1. The summed E-state index contributed by atoms with van der Waals surface area (Å²) in [4.78, 5) is 0.287. The molecule has 1 aromatic rings. The van der Waals surface area contributed by atoms with Crippen molar-refractivity contribution in [3.05, 3.63) is 24.3 Å². The van der Waals surface area contributed by atoms with Gasteiger partial charge in [0.25, 0.3) is 0 Å². The molecule has 0 aliphatic rings. The van der Waals surface area contributed by atoms with Crippen molar-refractivity contribution in [3.63, 3.8) is 0 Å². The number of benzene rings is 1. The summed E-state index contributed by atoms with van der Waals surface area (Å²) in [5, 5.41) is 2.97. The second kappa shape index (κ2) is 8.99. The highest BCUT2D eigenvalue weighted by molar-refractivity contribution is 7.89. The van der Waals surface area contributed by atoms with Gasteiger partial charge >= 0.3 is 0 Å². The minimum absolute atomic E-state index is 0.287. The minimum Gasteiger partial charge on any atom is -0.388 e. The molecule has 0 aromatic heterocycles. The molecule has 120 valence electrons. The zero-order valence-corrected chi connectivity index (χ0v) is 13.6. The number of rotatable bonds is 10. The average molecular weight is 316 g/mol. The van der Waals surface area contributed by atoms with Crippen molar-refractivity contribution in [2.75, 3.05) is 52.9 Å². The highest BCUT2D eigenvalue weighted by Crippen LogP contribution is 2.18. The van der Waals surface area contributed by atoms with Crippen LogP contribution in [0.3, 0.4) is 0 Å². The van der Waals surface area contributed by atoms with Crippen LogP contribution in [0, 0.1) is 0 Å². The molecule has 0 fully saturated rings. The topological polar surface area (TPSA) is 67.9 Å². The summed E-state index contributed by atoms with van der Waals surface area (Å²) in [5.74, 6) is 0. The van der Waals surface area contributed by atoms with Crippen LogP contribution in [0.4, 0.5) is 5.69 Å². The lowest BCUT2D eigenvalue weighted by atomic mass is 10.3. The third kappa shape index (κ3) is 5.28. The summed E-state index contributed by atoms with van der Waals surface area (Å²) in [7, 11) is 1.44. The first-order chi connectivity index (χ1) is 10.1. The van der Waals surface area contributed by atoms with Gasteiger partial charge in [0.1, 0.15) is 0 Å². The monoisotopic (exact) mass is 316 g/mol. The van der Waals surface area contributed by atoms with Crippen molar-refractivity contribution in [2.45, 2.75) is 11.3 Å². The van der Waals surface area contributed by atoms with Gasteiger partial charge in [-0.15, -0.1) is 0 Å². The van der Waals surface area contributed by atoms with Crippen LogP contribution in [-0.2, 0) is 19.5 Å². The first-order valence-electron chi connectivity index (χ1n) is 6.82. The van der Waals surface area contributed by atoms with Crippen molar-refractivity contribution in [2.24, 2.45) is 0 Å². The fraction of sp³-hybridized carbons (Fsp3) is 0.571. The van der Waals surface area contributed by atoms with Crippen molar-refractivity contribution in [1.82, 2.24) is 4.31 Å². The number of methoxy groups -OCH3 is 2. The molecule has 0 amide bonds. The predicted molar refractivity (Wildman–Crippen MR) is 83.1 cm³/mol. The Labute approximate surface area is 127 Å². The van der Waals surface area contributed by atoms with Crippen molar-refractivity contribution in [1.29, 1.82) is 0 Å². The summed E-state index contributed by atoms with van der Waals surface area (Å²) in [5.41, 5.74) is 0.872. The fourth-order valence-electron chi connectivity index (χ4n) is 1.87. The number of ether oxygens (including phenoxy) is 2. The van der Waals surface area contributed by atoms with E-state index in [1.807, 2.05) is 0 Å². The Morgan fingerprint density at radius 3 is 2.19 bits per heavy atom. The van der Waals surface area contributed by atoms with E-state index in [1.165, 1.54) is 4.31 Å². The number of hydrogen-bond donors (Lipinski definition) is 1. The highest BCUT2D eigenvalue weighted by Gasteiger charge is 2.23. The number of hydrogen-bond acceptors (Lipinski definition) is 5. The van der Waals surface area contributed by atoms with Gasteiger partial charge in [-0.2, -0.15) is 4.31 Å². The van der Waals surface area contributed by atoms with Crippen LogP contribution in [0.25, 0.3) is 0 Å². The van der Waals surface area contributed by atoms with Crippen LogP contribution < -0.4 is 5.32 Å². The van der Waals surface area contributed by atoms with Gasteiger partial charge in [-0.25, -0.2) is 8.42 Å². The van der Waals surface area contributed by atoms with Crippen LogP contribution in [-0.4, -0.2) is 60.3 Å². The van der Waals surface area contributed by atoms with Gasteiger partial charge < -0.3 is 14.8 Å². The van der Waals surface area contributed by atoms with E-state index in [4.69, 9.17) is 9.47 Å². The Hall–Kier alpha value is -1.15. The normalized spacial score (nSPS) is 11.8. The Balaban J connectivity index is 2.89. The fourth-order valence-corrected chi connectivity index (χ4v) is 3.34. The molecule has 0 atom stereocenters. The number of nitrogens with zero attached hydrogens (tertiary/aromatic N) is 1. The van der Waals surface area contributed by atoms with E-state index in [1.54, 1.807) is 45.5 Å². The zero-order valence-electron chi connectivity index (χ0n) is 12.8. The Bertz CT molecular complexity index is 502. The molecule has 21 heavy (non-hydrogen) atoms. The second-order valence-electron chi connectivity index (χ2n) is 4.52. The maximum absolute atomic E-state index is 12.6. The molecule has 0 saturated carbocycles. The molecule has 0 aliphatic carbocycles. The highest BCUT2D eigenvalue weighted by atomic mass is 32.2. The van der Waals surface area contributed by atoms with Crippen molar-refractivity contribution in [3.8, 4) is 0 Å². The Morgan fingerprint density at radius 2 is 1.67 bits per heavy atom. The molecule has 1 aromatic carbocycles. The molecular formula is C14H24N2O4S. The van der Waals surface area contributed by atoms with E-state index in [9.17, 15) is 8.42 Å². The maximum Gasteiger partial charge on any atom is 0.243 e. The molecule has 0 spiro atoms. The van der Waals surface area contributed by atoms with Gasteiger partial charge in [-0.05, 0) is 30.7 Å². The van der Waals surface area contributed by atoms with E-state index in [-0.39, 0.29) is 4.90 Å². The van der Waals surface area contributed by atoms with Gasteiger partial charge in [0.05, 0.1) is 11.5 Å². The van der Waals surface area contributed by atoms with Gasteiger partial charge in [-0.3, -0.25) is 0 Å². The third-order valence-corrected chi connectivity index (χ3v) is 4.99. The largest absolute Gasteiger partial charge is 0.388 e. The predicted octanol–water partition coefficient (Wildman–Crippen LogP) is 1.40. The molecule has 1 rings (SSSR count). The summed E-state index contributed by atoms with van der Waals surface area (Å²) in [6, 6.07) is 6.71. The third-order valence-electron chi connectivity index (χ3n) is 3.08. The van der Waals surface area contributed by atoms with Crippen LogP contribution in [0.5, 0.6) is 0 Å². The molecule has 0 radical (unpaired) electrons. The smallest absolute Gasteiger partial charge is 0.243 e. The Kier molecular flexibility index (Phi) is 7.66. The maximum atomic E-state index is 12.6.